The van der Waals surface area contributed by atoms with Crippen molar-refractivity contribution >= 4 is 5.71 Å². The summed E-state index contributed by atoms with van der Waals surface area (Å²) < 4.78 is 24.7. The topological polar surface area (TPSA) is 94.3 Å². The molecule has 2 heterocycles. The molecule has 2 rings (SSSR count). The lowest BCUT2D eigenvalue weighted by Crippen LogP contribution is -2.61. The van der Waals surface area contributed by atoms with Crippen LogP contribution in [0.1, 0.15) is 12.8 Å². The number of hydrogen-bond donors (Lipinski definition) is 3. The standard InChI is InChI=1S/C12H19F2N5O2/c13-12(14)11(15)10(19(20)21)5-17-8-6-18(7-8)9-1-3-16-4-2-9/h5,8-9,12,15-17H,1-4,6-7H2/b10-5+,15-11?. The summed E-state index contributed by atoms with van der Waals surface area (Å²) in [6, 6.07) is 0.544. The summed E-state index contributed by atoms with van der Waals surface area (Å²) in [5.74, 6) is 0. The number of likely N-dealkylation sites (tertiary alicyclic amines) is 1. The average Bonchev–Trinajstić information content (AvgIpc) is 2.41. The lowest BCUT2D eigenvalue weighted by atomic mass is 9.98. The highest BCUT2D eigenvalue weighted by Crippen LogP contribution is 2.19. The Bertz CT molecular complexity index is 431. The van der Waals surface area contributed by atoms with E-state index in [4.69, 9.17) is 5.41 Å². The first kappa shape index (κ1) is 15.8. The van der Waals surface area contributed by atoms with Gasteiger partial charge in [-0.2, -0.15) is 0 Å². The Hall–Kier alpha value is -1.61. The van der Waals surface area contributed by atoms with Gasteiger partial charge in [0, 0.05) is 19.1 Å². The quantitative estimate of drug-likeness (QED) is 0.375. The second-order valence-corrected chi connectivity index (χ2v) is 5.30. The molecular formula is C12H19F2N5O2. The predicted molar refractivity (Wildman–Crippen MR) is 73.2 cm³/mol. The predicted octanol–water partition coefficient (Wildman–Crippen LogP) is 0.415. The minimum absolute atomic E-state index is 0.0142. The van der Waals surface area contributed by atoms with Gasteiger partial charge in [-0.15, -0.1) is 0 Å². The molecule has 2 aliphatic rings. The zero-order valence-electron chi connectivity index (χ0n) is 11.5. The maximum Gasteiger partial charge on any atom is 0.311 e. The molecule has 0 aromatic carbocycles. The van der Waals surface area contributed by atoms with Crippen LogP contribution in [-0.2, 0) is 0 Å². The second-order valence-electron chi connectivity index (χ2n) is 5.30. The first-order valence-corrected chi connectivity index (χ1v) is 6.91. The molecule has 7 nitrogen and oxygen atoms in total. The fourth-order valence-corrected chi connectivity index (χ4v) is 2.63. The summed E-state index contributed by atoms with van der Waals surface area (Å²) in [5.41, 5.74) is -2.13. The molecule has 0 unspecified atom stereocenters. The van der Waals surface area contributed by atoms with E-state index in [0.29, 0.717) is 6.04 Å². The van der Waals surface area contributed by atoms with E-state index in [2.05, 4.69) is 15.5 Å². The van der Waals surface area contributed by atoms with Crippen molar-refractivity contribution in [1.29, 1.82) is 5.41 Å². The first-order valence-electron chi connectivity index (χ1n) is 6.91. The lowest BCUT2D eigenvalue weighted by molar-refractivity contribution is -0.416. The molecule has 0 bridgehead atoms. The van der Waals surface area contributed by atoms with E-state index in [1.54, 1.807) is 0 Å². The van der Waals surface area contributed by atoms with Gasteiger partial charge in [-0.05, 0) is 25.9 Å². The molecule has 9 heteroatoms. The number of nitrogens with zero attached hydrogens (tertiary/aromatic N) is 2. The van der Waals surface area contributed by atoms with E-state index in [1.165, 1.54) is 0 Å². The van der Waals surface area contributed by atoms with Gasteiger partial charge in [-0.25, -0.2) is 8.78 Å². The molecule has 118 valence electrons. The third kappa shape index (κ3) is 3.94. The molecule has 0 spiro atoms. The number of hydrogen-bond acceptors (Lipinski definition) is 6. The van der Waals surface area contributed by atoms with E-state index >= 15 is 0 Å². The lowest BCUT2D eigenvalue weighted by Gasteiger charge is -2.45. The molecule has 0 aromatic heterocycles. The van der Waals surface area contributed by atoms with Gasteiger partial charge in [-0.3, -0.25) is 20.4 Å². The zero-order chi connectivity index (χ0) is 15.4. The Morgan fingerprint density at radius 3 is 2.57 bits per heavy atom. The van der Waals surface area contributed by atoms with Crippen LogP contribution in [0.2, 0.25) is 0 Å². The first-order chi connectivity index (χ1) is 9.99. The van der Waals surface area contributed by atoms with Crippen molar-refractivity contribution in [2.45, 2.75) is 31.4 Å². The molecule has 2 aliphatic heterocycles. The number of nitrogens with one attached hydrogen (secondary N) is 3. The summed E-state index contributed by atoms with van der Waals surface area (Å²) in [6.45, 7) is 3.48. The number of allylic oxidation sites excluding steroid dienone is 1. The average molecular weight is 303 g/mol. The van der Waals surface area contributed by atoms with Gasteiger partial charge in [0.05, 0.1) is 17.2 Å². The van der Waals surface area contributed by atoms with E-state index in [9.17, 15) is 18.9 Å². The Morgan fingerprint density at radius 1 is 1.43 bits per heavy atom. The van der Waals surface area contributed by atoms with Crippen LogP contribution in [0.5, 0.6) is 0 Å². The van der Waals surface area contributed by atoms with Crippen LogP contribution in [-0.4, -0.2) is 60.2 Å². The molecule has 0 aromatic rings. The van der Waals surface area contributed by atoms with E-state index < -0.39 is 22.8 Å². The van der Waals surface area contributed by atoms with E-state index in [1.807, 2.05) is 0 Å². The maximum atomic E-state index is 12.4. The SMILES string of the molecule is N=C(/C(=C\NC1CN(C2CCNCC2)C1)[N+](=O)[O-])C(F)F. The van der Waals surface area contributed by atoms with Gasteiger partial charge in [0.15, 0.2) is 5.71 Å². The van der Waals surface area contributed by atoms with Crippen molar-refractivity contribution in [2.75, 3.05) is 26.2 Å². The van der Waals surface area contributed by atoms with Crippen LogP contribution >= 0.6 is 0 Å². The van der Waals surface area contributed by atoms with Gasteiger partial charge in [0.1, 0.15) is 0 Å². The Labute approximate surface area is 121 Å². The monoisotopic (exact) mass is 303 g/mol. The van der Waals surface area contributed by atoms with E-state index in [0.717, 1.165) is 45.2 Å². The van der Waals surface area contributed by atoms with Crippen LogP contribution in [0.15, 0.2) is 11.9 Å². The molecular weight excluding hydrogens is 284 g/mol. The maximum absolute atomic E-state index is 12.4. The largest absolute Gasteiger partial charge is 0.380 e. The normalized spacial score (nSPS) is 22.1. The van der Waals surface area contributed by atoms with Crippen LogP contribution < -0.4 is 10.6 Å². The second kappa shape index (κ2) is 6.90. The smallest absolute Gasteiger partial charge is 0.311 e. The van der Waals surface area contributed by atoms with Crippen LogP contribution in [0.4, 0.5) is 8.78 Å². The van der Waals surface area contributed by atoms with Crippen molar-refractivity contribution in [3.63, 3.8) is 0 Å². The Morgan fingerprint density at radius 2 is 2.05 bits per heavy atom. The Balaban J connectivity index is 1.81. The number of alkyl halides is 2. The molecule has 2 saturated heterocycles. The van der Waals surface area contributed by atoms with E-state index in [-0.39, 0.29) is 6.04 Å². The number of rotatable bonds is 6. The highest BCUT2D eigenvalue weighted by Gasteiger charge is 2.33. The summed E-state index contributed by atoms with van der Waals surface area (Å²) in [5, 5.41) is 23.8. The van der Waals surface area contributed by atoms with Crippen molar-refractivity contribution in [3.8, 4) is 0 Å². The van der Waals surface area contributed by atoms with Crippen molar-refractivity contribution in [1.82, 2.24) is 15.5 Å². The van der Waals surface area contributed by atoms with Gasteiger partial charge < -0.3 is 10.6 Å². The third-order valence-electron chi connectivity index (χ3n) is 3.88. The molecule has 0 atom stereocenters. The van der Waals surface area contributed by atoms with Crippen molar-refractivity contribution in [3.05, 3.63) is 22.0 Å². The fourth-order valence-electron chi connectivity index (χ4n) is 2.63. The van der Waals surface area contributed by atoms with Crippen LogP contribution in [0.25, 0.3) is 0 Å². The van der Waals surface area contributed by atoms with Gasteiger partial charge in [-0.1, -0.05) is 0 Å². The molecule has 0 amide bonds. The number of piperidine rings is 1. The number of halogens is 2. The summed E-state index contributed by atoms with van der Waals surface area (Å²) in [4.78, 5) is 12.0. The number of nitro groups is 1. The molecule has 3 N–H and O–H groups in total. The fraction of sp³-hybridized carbons (Fsp3) is 0.750. The molecule has 21 heavy (non-hydrogen) atoms. The summed E-state index contributed by atoms with van der Waals surface area (Å²) >= 11 is 0. The molecule has 0 saturated carbocycles. The molecule has 2 fully saturated rings. The van der Waals surface area contributed by atoms with Crippen molar-refractivity contribution in [2.24, 2.45) is 0 Å². The highest BCUT2D eigenvalue weighted by molar-refractivity contribution is 5.97. The Kier molecular flexibility index (Phi) is 5.18. The molecule has 0 radical (unpaired) electrons. The van der Waals surface area contributed by atoms with Crippen LogP contribution in [0.3, 0.4) is 0 Å². The minimum atomic E-state index is -3.14. The molecule has 0 aliphatic carbocycles. The summed E-state index contributed by atoms with van der Waals surface area (Å²) in [7, 11) is 0. The third-order valence-corrected chi connectivity index (χ3v) is 3.88. The van der Waals surface area contributed by atoms with Crippen molar-refractivity contribution < 1.29 is 13.7 Å². The van der Waals surface area contributed by atoms with Crippen LogP contribution in [0, 0.1) is 15.5 Å². The highest BCUT2D eigenvalue weighted by atomic mass is 19.3. The minimum Gasteiger partial charge on any atom is -0.380 e. The van der Waals surface area contributed by atoms with Gasteiger partial charge >= 0.3 is 5.70 Å². The van der Waals surface area contributed by atoms with Gasteiger partial charge in [0.2, 0.25) is 0 Å². The summed E-state index contributed by atoms with van der Waals surface area (Å²) in [6.07, 6.45) is -0.0489. The van der Waals surface area contributed by atoms with Gasteiger partial charge in [0.25, 0.3) is 6.43 Å². The zero-order valence-corrected chi connectivity index (χ0v) is 11.5.